The third-order valence-electron chi connectivity index (χ3n) is 3.83. The summed E-state index contributed by atoms with van der Waals surface area (Å²) in [5.74, 6) is 0. The highest BCUT2D eigenvalue weighted by molar-refractivity contribution is 5.20. The number of hydrogen-bond acceptors (Lipinski definition) is 3. The summed E-state index contributed by atoms with van der Waals surface area (Å²) in [5, 5.41) is 3.51. The number of nitrogens with one attached hydrogen (secondary N) is 1. The Labute approximate surface area is 116 Å². The number of ether oxygens (including phenoxy) is 1. The lowest BCUT2D eigenvalue weighted by Gasteiger charge is -2.36. The van der Waals surface area contributed by atoms with Gasteiger partial charge < -0.3 is 10.1 Å². The van der Waals surface area contributed by atoms with Crippen molar-refractivity contribution in [3.63, 3.8) is 0 Å². The Morgan fingerprint density at radius 2 is 2.05 bits per heavy atom. The van der Waals surface area contributed by atoms with Crippen LogP contribution in [0.3, 0.4) is 0 Å². The molecule has 0 aliphatic carbocycles. The number of piperazine rings is 1. The number of methoxy groups -OCH3 is 1. The van der Waals surface area contributed by atoms with Gasteiger partial charge in [0.15, 0.2) is 0 Å². The van der Waals surface area contributed by atoms with Crippen molar-refractivity contribution in [3.05, 3.63) is 35.9 Å². The molecule has 1 saturated heterocycles. The first-order chi connectivity index (χ1) is 9.42. The van der Waals surface area contributed by atoms with Crippen LogP contribution in [0, 0.1) is 0 Å². The molecular weight excluding hydrogens is 236 g/mol. The summed E-state index contributed by atoms with van der Waals surface area (Å²) in [6, 6.07) is 11.4. The zero-order valence-electron chi connectivity index (χ0n) is 12.0. The topological polar surface area (TPSA) is 24.5 Å². The zero-order chi connectivity index (χ0) is 13.3. The molecule has 1 unspecified atom stereocenters. The zero-order valence-corrected chi connectivity index (χ0v) is 12.0. The molecule has 106 valence electrons. The summed E-state index contributed by atoms with van der Waals surface area (Å²) in [5.41, 5.74) is 1.44. The first-order valence-corrected chi connectivity index (χ1v) is 7.40. The first-order valence-electron chi connectivity index (χ1n) is 7.40. The van der Waals surface area contributed by atoms with E-state index in [2.05, 4.69) is 40.5 Å². The molecule has 1 aliphatic heterocycles. The molecule has 1 N–H and O–H groups in total. The van der Waals surface area contributed by atoms with Crippen molar-refractivity contribution in [2.24, 2.45) is 0 Å². The molecule has 1 heterocycles. The maximum atomic E-state index is 5.10. The van der Waals surface area contributed by atoms with Gasteiger partial charge in [-0.25, -0.2) is 0 Å². The van der Waals surface area contributed by atoms with Crippen molar-refractivity contribution in [2.75, 3.05) is 39.9 Å². The normalized spacial score (nSPS) is 20.6. The molecule has 0 aromatic heterocycles. The van der Waals surface area contributed by atoms with Gasteiger partial charge in [0.2, 0.25) is 0 Å². The van der Waals surface area contributed by atoms with Gasteiger partial charge in [-0.15, -0.1) is 0 Å². The molecule has 3 nitrogen and oxygen atoms in total. The molecule has 1 aromatic carbocycles. The number of rotatable bonds is 7. The van der Waals surface area contributed by atoms with Crippen LogP contribution in [-0.4, -0.2) is 44.8 Å². The van der Waals surface area contributed by atoms with E-state index in [9.17, 15) is 0 Å². The van der Waals surface area contributed by atoms with Gasteiger partial charge in [-0.2, -0.15) is 0 Å². The third kappa shape index (κ3) is 4.60. The predicted molar refractivity (Wildman–Crippen MR) is 79.4 cm³/mol. The van der Waals surface area contributed by atoms with Crippen LogP contribution < -0.4 is 5.32 Å². The highest BCUT2D eigenvalue weighted by Crippen LogP contribution is 2.22. The van der Waals surface area contributed by atoms with Crippen LogP contribution in [0.4, 0.5) is 0 Å². The molecule has 0 saturated carbocycles. The van der Waals surface area contributed by atoms with E-state index in [1.165, 1.54) is 31.4 Å². The second kappa shape index (κ2) is 8.31. The molecular formula is C16H26N2O. The Bertz CT molecular complexity index is 342. The second-order valence-corrected chi connectivity index (χ2v) is 5.22. The molecule has 19 heavy (non-hydrogen) atoms. The van der Waals surface area contributed by atoms with Crippen molar-refractivity contribution < 1.29 is 4.74 Å². The van der Waals surface area contributed by atoms with Gasteiger partial charge in [0.1, 0.15) is 0 Å². The molecule has 1 atom stereocenters. The molecule has 0 amide bonds. The van der Waals surface area contributed by atoms with Crippen molar-refractivity contribution in [3.8, 4) is 0 Å². The van der Waals surface area contributed by atoms with Gasteiger partial charge in [0.25, 0.3) is 0 Å². The number of nitrogens with zero attached hydrogens (tertiary/aromatic N) is 1. The Hall–Kier alpha value is -0.900. The lowest BCUT2D eigenvalue weighted by Crippen LogP contribution is -2.46. The smallest absolute Gasteiger partial charge is 0.0473 e. The molecule has 1 aliphatic rings. The van der Waals surface area contributed by atoms with Crippen molar-refractivity contribution in [2.45, 2.75) is 25.3 Å². The molecule has 1 fully saturated rings. The molecule has 3 heteroatoms. The van der Waals surface area contributed by atoms with E-state index in [1.807, 2.05) is 0 Å². The van der Waals surface area contributed by atoms with Gasteiger partial charge in [-0.05, 0) is 31.4 Å². The largest absolute Gasteiger partial charge is 0.385 e. The van der Waals surface area contributed by atoms with E-state index >= 15 is 0 Å². The summed E-state index contributed by atoms with van der Waals surface area (Å²) < 4.78 is 5.10. The fourth-order valence-corrected chi connectivity index (χ4v) is 2.76. The summed E-state index contributed by atoms with van der Waals surface area (Å²) >= 11 is 0. The van der Waals surface area contributed by atoms with Gasteiger partial charge in [-0.1, -0.05) is 30.3 Å². The van der Waals surface area contributed by atoms with E-state index in [1.54, 1.807) is 7.11 Å². The lowest BCUT2D eigenvalue weighted by molar-refractivity contribution is 0.153. The monoisotopic (exact) mass is 262 g/mol. The summed E-state index contributed by atoms with van der Waals surface area (Å²) in [4.78, 5) is 2.62. The SMILES string of the molecule is COCCCCCN1CCNCC1c1ccccc1. The van der Waals surface area contributed by atoms with Crippen LogP contribution in [0.25, 0.3) is 0 Å². The Morgan fingerprint density at radius 1 is 1.21 bits per heavy atom. The van der Waals surface area contributed by atoms with Crippen LogP contribution in [0.1, 0.15) is 30.9 Å². The van der Waals surface area contributed by atoms with Crippen molar-refractivity contribution in [1.29, 1.82) is 0 Å². The van der Waals surface area contributed by atoms with Crippen molar-refractivity contribution in [1.82, 2.24) is 10.2 Å². The minimum atomic E-state index is 0.539. The molecule has 2 rings (SSSR count). The maximum Gasteiger partial charge on any atom is 0.0473 e. The molecule has 1 aromatic rings. The van der Waals surface area contributed by atoms with Gasteiger partial charge in [0.05, 0.1) is 0 Å². The molecule has 0 radical (unpaired) electrons. The summed E-state index contributed by atoms with van der Waals surface area (Å²) in [6.45, 7) is 5.43. The first kappa shape index (κ1) is 14.5. The number of hydrogen-bond donors (Lipinski definition) is 1. The van der Waals surface area contributed by atoms with Crippen molar-refractivity contribution >= 4 is 0 Å². The lowest BCUT2D eigenvalue weighted by atomic mass is 10.0. The van der Waals surface area contributed by atoms with Crippen LogP contribution >= 0.6 is 0 Å². The standard InChI is InChI=1S/C16H26N2O/c1-19-13-7-3-6-11-18-12-10-17-14-16(18)15-8-4-2-5-9-15/h2,4-5,8-9,16-17H,3,6-7,10-14H2,1H3. The Balaban J connectivity index is 1.83. The number of benzene rings is 1. The van der Waals surface area contributed by atoms with E-state index in [0.29, 0.717) is 6.04 Å². The van der Waals surface area contributed by atoms with Crippen LogP contribution in [0.2, 0.25) is 0 Å². The highest BCUT2D eigenvalue weighted by atomic mass is 16.5. The Morgan fingerprint density at radius 3 is 2.84 bits per heavy atom. The highest BCUT2D eigenvalue weighted by Gasteiger charge is 2.22. The minimum absolute atomic E-state index is 0.539. The molecule has 0 spiro atoms. The van der Waals surface area contributed by atoms with E-state index < -0.39 is 0 Å². The number of unbranched alkanes of at least 4 members (excludes halogenated alkanes) is 2. The maximum absolute atomic E-state index is 5.10. The van der Waals surface area contributed by atoms with E-state index in [4.69, 9.17) is 4.74 Å². The quantitative estimate of drug-likeness (QED) is 0.764. The van der Waals surface area contributed by atoms with Gasteiger partial charge >= 0.3 is 0 Å². The Kier molecular flexibility index (Phi) is 6.34. The summed E-state index contributed by atoms with van der Waals surface area (Å²) in [7, 11) is 1.78. The van der Waals surface area contributed by atoms with E-state index in [0.717, 1.165) is 26.2 Å². The van der Waals surface area contributed by atoms with Crippen LogP contribution in [0.5, 0.6) is 0 Å². The average molecular weight is 262 g/mol. The van der Waals surface area contributed by atoms with Crippen LogP contribution in [-0.2, 0) is 4.74 Å². The fraction of sp³-hybridized carbons (Fsp3) is 0.625. The van der Waals surface area contributed by atoms with Gasteiger partial charge in [-0.3, -0.25) is 4.90 Å². The predicted octanol–water partition coefficient (Wildman–Crippen LogP) is 2.45. The van der Waals surface area contributed by atoms with Gasteiger partial charge in [0, 0.05) is 39.4 Å². The second-order valence-electron chi connectivity index (χ2n) is 5.22. The average Bonchev–Trinajstić information content (AvgIpc) is 2.48. The fourth-order valence-electron chi connectivity index (χ4n) is 2.76. The van der Waals surface area contributed by atoms with E-state index in [-0.39, 0.29) is 0 Å². The summed E-state index contributed by atoms with van der Waals surface area (Å²) in [6.07, 6.45) is 3.71. The molecule has 0 bridgehead atoms. The minimum Gasteiger partial charge on any atom is -0.385 e. The third-order valence-corrected chi connectivity index (χ3v) is 3.83. The van der Waals surface area contributed by atoms with Crippen LogP contribution in [0.15, 0.2) is 30.3 Å².